The monoisotopic (exact) mass is 125 g/mol. The summed E-state index contributed by atoms with van der Waals surface area (Å²) >= 11 is 3.72. The van der Waals surface area contributed by atoms with Gasteiger partial charge in [0.15, 0.2) is 0 Å². The quantitative estimate of drug-likeness (QED) is 0.365. The molecule has 7 heavy (non-hydrogen) atoms. The number of rotatable bonds is 3. The molecule has 0 atom stereocenters. The average Bonchev–Trinajstić information content (AvgIpc) is 1.61. The topological polar surface area (TPSA) is 52.9 Å². The fraction of sp³-hybridized carbons (Fsp3) is 1.00. The van der Waals surface area contributed by atoms with Crippen molar-refractivity contribution in [3.05, 3.63) is 0 Å². The van der Waals surface area contributed by atoms with E-state index in [9.17, 15) is 0 Å². The van der Waals surface area contributed by atoms with Crippen LogP contribution in [0.15, 0.2) is 0 Å². The van der Waals surface area contributed by atoms with Crippen LogP contribution in [0.5, 0.6) is 0 Å². The number of nitrogens with zero attached hydrogens (tertiary/aromatic N) is 1. The van der Waals surface area contributed by atoms with Gasteiger partial charge in [0, 0.05) is 5.75 Å². The van der Waals surface area contributed by atoms with Crippen LogP contribution >= 0.6 is 12.6 Å². The van der Waals surface area contributed by atoms with E-state index in [-0.39, 0.29) is 12.0 Å². The predicted octanol–water partition coefficient (Wildman–Crippen LogP) is -0.0718. The molecule has 0 aromatic rings. The molecule has 0 aromatic carbocycles. The van der Waals surface area contributed by atoms with Gasteiger partial charge in [-0.1, -0.05) is 0 Å². The van der Waals surface area contributed by atoms with Crippen molar-refractivity contribution < 1.29 is 15.3 Å². The Kier molecular flexibility index (Phi) is 4.47. The molecule has 0 unspecified atom stereocenters. The van der Waals surface area contributed by atoms with Crippen LogP contribution in [-0.4, -0.2) is 28.2 Å². The third-order valence-corrected chi connectivity index (χ3v) is 0.481. The summed E-state index contributed by atoms with van der Waals surface area (Å²) in [6, 6.07) is 0. The SMILES string of the molecule is ON(O)OCCS. The Bertz CT molecular complexity index is 41.9. The molecule has 2 N–H and O–H groups in total. The third-order valence-electron chi connectivity index (χ3n) is 0.298. The van der Waals surface area contributed by atoms with Crippen LogP contribution in [0.25, 0.3) is 0 Å². The van der Waals surface area contributed by atoms with E-state index in [1.165, 1.54) is 0 Å². The summed E-state index contributed by atoms with van der Waals surface area (Å²) in [5, 5.41) is 15.3. The Balaban J connectivity index is 2.68. The third kappa shape index (κ3) is 6.19. The van der Waals surface area contributed by atoms with Crippen LogP contribution in [0.2, 0.25) is 0 Å². The van der Waals surface area contributed by atoms with E-state index in [2.05, 4.69) is 17.5 Å². The largest absolute Gasteiger partial charge is 0.266 e. The van der Waals surface area contributed by atoms with Crippen molar-refractivity contribution in [3.63, 3.8) is 0 Å². The summed E-state index contributed by atoms with van der Waals surface area (Å²) in [5.74, 6) is 0.456. The van der Waals surface area contributed by atoms with Gasteiger partial charge in [-0.15, -0.1) is 0 Å². The lowest BCUT2D eigenvalue weighted by atomic mass is 10.9. The summed E-state index contributed by atoms with van der Waals surface area (Å²) in [5.41, 5.74) is 0. The van der Waals surface area contributed by atoms with Crippen molar-refractivity contribution in [3.8, 4) is 0 Å². The van der Waals surface area contributed by atoms with E-state index in [0.29, 0.717) is 5.75 Å². The predicted molar refractivity (Wildman–Crippen MR) is 25.2 cm³/mol. The zero-order chi connectivity index (χ0) is 5.70. The van der Waals surface area contributed by atoms with E-state index in [0.717, 1.165) is 0 Å². The zero-order valence-corrected chi connectivity index (χ0v) is 4.51. The van der Waals surface area contributed by atoms with Crippen molar-refractivity contribution in [2.75, 3.05) is 12.4 Å². The highest BCUT2D eigenvalue weighted by molar-refractivity contribution is 7.80. The van der Waals surface area contributed by atoms with E-state index in [4.69, 9.17) is 10.4 Å². The summed E-state index contributed by atoms with van der Waals surface area (Å²) in [7, 11) is 0. The van der Waals surface area contributed by atoms with Gasteiger partial charge in [-0.2, -0.15) is 12.6 Å². The Labute approximate surface area is 46.6 Å². The number of hydrogen-bond acceptors (Lipinski definition) is 5. The fourth-order valence-electron chi connectivity index (χ4n) is 0.122. The van der Waals surface area contributed by atoms with Crippen LogP contribution in [-0.2, 0) is 4.84 Å². The Morgan fingerprint density at radius 2 is 2.14 bits per heavy atom. The minimum absolute atomic E-state index is 0.191. The van der Waals surface area contributed by atoms with Crippen LogP contribution in [0.1, 0.15) is 0 Å². The van der Waals surface area contributed by atoms with Crippen LogP contribution in [0, 0.1) is 0 Å². The second-order valence-electron chi connectivity index (χ2n) is 0.810. The van der Waals surface area contributed by atoms with Gasteiger partial charge >= 0.3 is 0 Å². The maximum atomic E-state index is 7.82. The minimum atomic E-state index is -0.337. The van der Waals surface area contributed by atoms with Crippen molar-refractivity contribution in [1.29, 1.82) is 0 Å². The van der Waals surface area contributed by atoms with Gasteiger partial charge in [-0.05, 0) is 0 Å². The highest BCUT2D eigenvalue weighted by Crippen LogP contribution is 1.78. The molecule has 0 spiro atoms. The minimum Gasteiger partial charge on any atom is -0.266 e. The lowest BCUT2D eigenvalue weighted by molar-refractivity contribution is -0.490. The van der Waals surface area contributed by atoms with Gasteiger partial charge in [-0.3, -0.25) is 10.4 Å². The van der Waals surface area contributed by atoms with Crippen molar-refractivity contribution in [2.24, 2.45) is 0 Å². The normalized spacial score (nSPS) is 10.3. The second kappa shape index (κ2) is 4.35. The molecule has 0 fully saturated rings. The van der Waals surface area contributed by atoms with E-state index in [1.54, 1.807) is 0 Å². The Hall–Kier alpha value is 0.190. The summed E-state index contributed by atoms with van der Waals surface area (Å²) < 4.78 is 0. The van der Waals surface area contributed by atoms with Crippen molar-refractivity contribution in [2.45, 2.75) is 0 Å². The average molecular weight is 125 g/mol. The molecule has 0 saturated carbocycles. The fourth-order valence-corrected chi connectivity index (χ4v) is 0.204. The first-order valence-electron chi connectivity index (χ1n) is 1.69. The molecular formula is C2H7NO3S. The maximum absolute atomic E-state index is 7.82. The highest BCUT2D eigenvalue weighted by atomic mass is 32.1. The van der Waals surface area contributed by atoms with Gasteiger partial charge in [0.25, 0.3) is 0 Å². The summed E-state index contributed by atoms with van der Waals surface area (Å²) in [6.45, 7) is 0.191. The summed E-state index contributed by atoms with van der Waals surface area (Å²) in [4.78, 5) is 4.06. The summed E-state index contributed by atoms with van der Waals surface area (Å²) in [6.07, 6.45) is 0. The zero-order valence-electron chi connectivity index (χ0n) is 3.61. The van der Waals surface area contributed by atoms with Crippen molar-refractivity contribution >= 4 is 12.6 Å². The van der Waals surface area contributed by atoms with Crippen LogP contribution in [0.4, 0.5) is 0 Å². The van der Waals surface area contributed by atoms with E-state index < -0.39 is 0 Å². The van der Waals surface area contributed by atoms with Crippen LogP contribution < -0.4 is 0 Å². The van der Waals surface area contributed by atoms with Gasteiger partial charge in [0.2, 0.25) is 0 Å². The van der Waals surface area contributed by atoms with Gasteiger partial charge < -0.3 is 0 Å². The first-order valence-corrected chi connectivity index (χ1v) is 2.32. The molecule has 5 heteroatoms. The van der Waals surface area contributed by atoms with E-state index in [1.807, 2.05) is 0 Å². The smallest absolute Gasteiger partial charge is 0.0824 e. The molecule has 0 bridgehead atoms. The molecule has 0 aliphatic heterocycles. The molecular weight excluding hydrogens is 118 g/mol. The number of thiol groups is 1. The van der Waals surface area contributed by atoms with Gasteiger partial charge in [0.05, 0.1) is 12.0 Å². The first kappa shape index (κ1) is 7.19. The molecule has 0 aliphatic rings. The number of hydrogen-bond donors (Lipinski definition) is 3. The lowest BCUT2D eigenvalue weighted by Gasteiger charge is -2.01. The molecule has 0 aromatic heterocycles. The molecule has 0 heterocycles. The maximum Gasteiger partial charge on any atom is 0.0824 e. The van der Waals surface area contributed by atoms with E-state index >= 15 is 0 Å². The van der Waals surface area contributed by atoms with Crippen molar-refractivity contribution in [1.82, 2.24) is 5.39 Å². The lowest BCUT2D eigenvalue weighted by Crippen LogP contribution is -2.15. The Morgan fingerprint density at radius 1 is 1.57 bits per heavy atom. The molecule has 0 radical (unpaired) electrons. The highest BCUT2D eigenvalue weighted by Gasteiger charge is 1.87. The molecule has 0 saturated heterocycles. The molecule has 44 valence electrons. The molecule has 0 amide bonds. The molecule has 0 rings (SSSR count). The molecule has 0 aliphatic carbocycles. The molecule has 4 nitrogen and oxygen atoms in total. The first-order chi connectivity index (χ1) is 3.27. The standard InChI is InChI=1S/C2H7NO3S/c4-3(5)6-1-2-7/h4-5,7H,1-2H2. The second-order valence-corrected chi connectivity index (χ2v) is 1.26. The Morgan fingerprint density at radius 3 is 2.29 bits per heavy atom. The van der Waals surface area contributed by atoms with Gasteiger partial charge in [0.1, 0.15) is 0 Å². The van der Waals surface area contributed by atoms with Crippen LogP contribution in [0.3, 0.4) is 0 Å². The van der Waals surface area contributed by atoms with Gasteiger partial charge in [-0.25, -0.2) is 4.84 Å².